The van der Waals surface area contributed by atoms with Crippen LogP contribution < -0.4 is 36.7 Å². The van der Waals surface area contributed by atoms with Crippen LogP contribution in [0.1, 0.15) is 27.8 Å². The standard InChI is InChI=1S/C53H34N4O2P2/c1-34-18-20-47-49(22-34)60(58,45-16-6-14-42(27-45)39-11-3-8-36(24-39)31-54)51-29-44(41-13-5-10-38(26-41)33-56)30-52-53(51)57(47)48-21-19-35(2)23-50(48)61(52,59)46-17-7-15-43(28-46)40-12-4-9-37(25-40)32-55/h3-30H,1-2H3. The second-order valence-electron chi connectivity index (χ2n) is 15.6. The van der Waals surface area contributed by atoms with Crippen molar-refractivity contribution in [3.63, 3.8) is 0 Å². The van der Waals surface area contributed by atoms with Gasteiger partial charge in [-0.25, -0.2) is 0 Å². The normalized spacial score (nSPS) is 16.9. The summed E-state index contributed by atoms with van der Waals surface area (Å²) in [6.07, 6.45) is 0. The Balaban J connectivity index is 1.33. The first-order valence-corrected chi connectivity index (χ1v) is 23.2. The van der Waals surface area contributed by atoms with E-state index in [9.17, 15) is 15.8 Å². The van der Waals surface area contributed by atoms with Crippen LogP contribution in [-0.2, 0) is 9.13 Å². The van der Waals surface area contributed by atoms with Crippen molar-refractivity contribution in [2.75, 3.05) is 4.90 Å². The first-order valence-electron chi connectivity index (χ1n) is 19.8. The number of rotatable bonds is 5. The fourth-order valence-electron chi connectivity index (χ4n) is 8.88. The fraction of sp³-hybridized carbons (Fsp3) is 0.0377. The lowest BCUT2D eigenvalue weighted by Gasteiger charge is -2.45. The molecule has 2 unspecified atom stereocenters. The van der Waals surface area contributed by atoms with Gasteiger partial charge >= 0.3 is 0 Å². The summed E-state index contributed by atoms with van der Waals surface area (Å²) in [6.45, 7) is 4.00. The monoisotopic (exact) mass is 820 g/mol. The molecular formula is C53H34N4O2P2. The first kappa shape index (κ1) is 37.7. The van der Waals surface area contributed by atoms with Crippen LogP contribution in [0.2, 0.25) is 0 Å². The molecule has 0 aliphatic carbocycles. The minimum atomic E-state index is -3.81. The maximum absolute atomic E-state index is 17.0. The van der Waals surface area contributed by atoms with E-state index in [1.807, 2.05) is 166 Å². The van der Waals surface area contributed by atoms with Gasteiger partial charge in [-0.15, -0.1) is 0 Å². The molecule has 8 heteroatoms. The summed E-state index contributed by atoms with van der Waals surface area (Å²) in [5.41, 5.74) is 10.2. The van der Waals surface area contributed by atoms with E-state index in [1.54, 1.807) is 18.2 Å². The second kappa shape index (κ2) is 14.3. The molecule has 0 aromatic heterocycles. The van der Waals surface area contributed by atoms with Crippen molar-refractivity contribution >= 4 is 63.2 Å². The van der Waals surface area contributed by atoms with Gasteiger partial charge in [0, 0.05) is 31.8 Å². The Morgan fingerprint density at radius 3 is 1.15 bits per heavy atom. The van der Waals surface area contributed by atoms with Gasteiger partial charge in [0.2, 0.25) is 0 Å². The van der Waals surface area contributed by atoms with Gasteiger partial charge in [0.05, 0.1) is 52.0 Å². The lowest BCUT2D eigenvalue weighted by molar-refractivity contribution is 0.592. The Bertz CT molecular complexity index is 3230. The number of fused-ring (bicyclic) bond motifs is 4. The van der Waals surface area contributed by atoms with Crippen LogP contribution in [-0.4, -0.2) is 0 Å². The van der Waals surface area contributed by atoms with Gasteiger partial charge in [-0.05, 0) is 132 Å². The van der Waals surface area contributed by atoms with Crippen molar-refractivity contribution < 1.29 is 9.13 Å². The zero-order valence-electron chi connectivity index (χ0n) is 33.2. The molecule has 0 amide bonds. The van der Waals surface area contributed by atoms with Crippen LogP contribution in [0.4, 0.5) is 17.1 Å². The average Bonchev–Trinajstić information content (AvgIpc) is 3.31. The van der Waals surface area contributed by atoms with Crippen molar-refractivity contribution in [2.45, 2.75) is 13.8 Å². The third-order valence-corrected chi connectivity index (χ3v) is 17.9. The number of benzene rings is 8. The zero-order valence-corrected chi connectivity index (χ0v) is 35.0. The molecule has 10 rings (SSSR count). The van der Waals surface area contributed by atoms with E-state index in [4.69, 9.17) is 0 Å². The van der Waals surface area contributed by atoms with Crippen molar-refractivity contribution in [1.82, 2.24) is 0 Å². The SMILES string of the molecule is Cc1ccc2c(c1)P(=O)(c1cccc(-c3cccc(C#N)c3)c1)c1cc(-c3cccc(C#N)c3)cc3c1N2c1ccc(C)cc1P3(=O)c1cccc(-c2cccc(C#N)c2)c1. The molecule has 0 radical (unpaired) electrons. The highest BCUT2D eigenvalue weighted by molar-refractivity contribution is 7.88. The summed E-state index contributed by atoms with van der Waals surface area (Å²) >= 11 is 0. The Hall–Kier alpha value is -7.51. The van der Waals surface area contributed by atoms with Gasteiger partial charge in [-0.2, -0.15) is 15.8 Å². The molecule has 0 saturated heterocycles. The molecule has 2 atom stereocenters. The van der Waals surface area contributed by atoms with Gasteiger partial charge in [-0.3, -0.25) is 0 Å². The molecule has 8 aromatic rings. The van der Waals surface area contributed by atoms with Crippen molar-refractivity contribution in [2.24, 2.45) is 0 Å². The van der Waals surface area contributed by atoms with Crippen molar-refractivity contribution in [1.29, 1.82) is 15.8 Å². The highest BCUT2D eigenvalue weighted by Crippen LogP contribution is 2.61. The number of nitriles is 3. The number of aryl methyl sites for hydroxylation is 2. The highest BCUT2D eigenvalue weighted by Gasteiger charge is 2.50. The molecule has 0 bridgehead atoms. The number of hydrogen-bond donors (Lipinski definition) is 0. The van der Waals surface area contributed by atoms with Crippen LogP contribution >= 0.6 is 14.3 Å². The van der Waals surface area contributed by atoms with E-state index >= 15 is 9.13 Å². The molecule has 6 nitrogen and oxygen atoms in total. The summed E-state index contributed by atoms with van der Waals surface area (Å²) in [6, 6.07) is 60.5. The zero-order chi connectivity index (χ0) is 42.0. The predicted octanol–water partition coefficient (Wildman–Crippen LogP) is 10.3. The molecule has 61 heavy (non-hydrogen) atoms. The molecule has 8 aromatic carbocycles. The summed E-state index contributed by atoms with van der Waals surface area (Å²) in [5.74, 6) is 0. The molecule has 288 valence electrons. The van der Waals surface area contributed by atoms with E-state index in [0.29, 0.717) is 59.8 Å². The first-order chi connectivity index (χ1) is 29.6. The second-order valence-corrected chi connectivity index (χ2v) is 21.0. The van der Waals surface area contributed by atoms with Crippen LogP contribution in [0.25, 0.3) is 33.4 Å². The van der Waals surface area contributed by atoms with Crippen LogP contribution in [0.5, 0.6) is 0 Å². The van der Waals surface area contributed by atoms with Gasteiger partial charge in [0.15, 0.2) is 14.3 Å². The average molecular weight is 821 g/mol. The molecule has 2 aliphatic rings. The summed E-state index contributed by atoms with van der Waals surface area (Å²) in [7, 11) is -7.62. The lowest BCUT2D eigenvalue weighted by Crippen LogP contribution is -2.46. The maximum Gasteiger partial charge on any atom is 0.175 e. The van der Waals surface area contributed by atoms with Gasteiger partial charge < -0.3 is 14.0 Å². The quantitative estimate of drug-likeness (QED) is 0.160. The third-order valence-electron chi connectivity index (χ3n) is 11.8. The van der Waals surface area contributed by atoms with E-state index in [-0.39, 0.29) is 0 Å². The van der Waals surface area contributed by atoms with Gasteiger partial charge in [0.25, 0.3) is 0 Å². The van der Waals surface area contributed by atoms with E-state index < -0.39 is 14.3 Å². The van der Waals surface area contributed by atoms with Crippen molar-refractivity contribution in [3.8, 4) is 51.6 Å². The summed E-state index contributed by atoms with van der Waals surface area (Å²) in [5, 5.41) is 33.1. The summed E-state index contributed by atoms with van der Waals surface area (Å²) in [4.78, 5) is 2.15. The fourth-order valence-corrected chi connectivity index (χ4v) is 15.3. The Morgan fingerprint density at radius 2 is 0.754 bits per heavy atom. The lowest BCUT2D eigenvalue weighted by atomic mass is 10.0. The topological polar surface area (TPSA) is 109 Å². The minimum absolute atomic E-state index is 0.471. The molecule has 2 heterocycles. The number of hydrogen-bond acceptors (Lipinski definition) is 6. The molecular weight excluding hydrogens is 787 g/mol. The third kappa shape index (κ3) is 5.91. The van der Waals surface area contributed by atoms with Crippen molar-refractivity contribution in [3.05, 3.63) is 198 Å². The Labute approximate surface area is 354 Å². The minimum Gasteiger partial charge on any atom is -0.308 e. The van der Waals surface area contributed by atoms with E-state index in [2.05, 4.69) is 23.1 Å². The van der Waals surface area contributed by atoms with Gasteiger partial charge in [-0.1, -0.05) is 96.1 Å². The highest BCUT2D eigenvalue weighted by atomic mass is 31.2. The summed E-state index contributed by atoms with van der Waals surface area (Å²) < 4.78 is 34.1. The Morgan fingerprint density at radius 1 is 0.393 bits per heavy atom. The number of nitrogens with zero attached hydrogens (tertiary/aromatic N) is 4. The van der Waals surface area contributed by atoms with Gasteiger partial charge in [0.1, 0.15) is 0 Å². The van der Waals surface area contributed by atoms with Crippen LogP contribution in [0.15, 0.2) is 170 Å². The Kier molecular flexibility index (Phi) is 8.88. The largest absolute Gasteiger partial charge is 0.308 e. The molecule has 0 spiro atoms. The maximum atomic E-state index is 17.0. The molecule has 0 saturated carbocycles. The number of anilines is 3. The van der Waals surface area contributed by atoms with E-state index in [0.717, 1.165) is 50.3 Å². The van der Waals surface area contributed by atoms with E-state index in [1.165, 1.54) is 0 Å². The molecule has 2 aliphatic heterocycles. The molecule has 0 N–H and O–H groups in total. The molecule has 0 fully saturated rings. The van der Waals surface area contributed by atoms with Crippen LogP contribution in [0, 0.1) is 47.8 Å². The van der Waals surface area contributed by atoms with Crippen LogP contribution in [0.3, 0.4) is 0 Å². The predicted molar refractivity (Wildman–Crippen MR) is 247 cm³/mol. The smallest absolute Gasteiger partial charge is 0.175 e.